The average Bonchev–Trinajstić information content (AvgIpc) is 3.02. The van der Waals surface area contributed by atoms with Crippen LogP contribution in [0.5, 0.6) is 0 Å². The number of thiazole rings is 1. The van der Waals surface area contributed by atoms with E-state index < -0.39 is 0 Å². The second-order valence-corrected chi connectivity index (χ2v) is 7.75. The molecule has 0 atom stereocenters. The summed E-state index contributed by atoms with van der Waals surface area (Å²) in [5.41, 5.74) is 3.66. The smallest absolute Gasteiger partial charge is 0.325 e. The number of hydrogen-bond acceptors (Lipinski definition) is 4. The molecule has 2 aromatic carbocycles. The first-order valence-electron chi connectivity index (χ1n) is 9.36. The van der Waals surface area contributed by atoms with Gasteiger partial charge >= 0.3 is 5.97 Å². The van der Waals surface area contributed by atoms with Crippen LogP contribution in [0.15, 0.2) is 47.5 Å². The first-order chi connectivity index (χ1) is 13.5. The van der Waals surface area contributed by atoms with Crippen molar-refractivity contribution in [1.29, 1.82) is 0 Å². The highest BCUT2D eigenvalue weighted by Gasteiger charge is 2.13. The van der Waals surface area contributed by atoms with Crippen LogP contribution in [0.25, 0.3) is 10.2 Å². The lowest BCUT2D eigenvalue weighted by atomic mass is 10.1. The Bertz CT molecular complexity index is 1080. The molecule has 3 rings (SSSR count). The molecule has 1 amide bonds. The predicted octanol–water partition coefficient (Wildman–Crippen LogP) is 4.27. The van der Waals surface area contributed by atoms with E-state index in [0.29, 0.717) is 10.4 Å². The van der Waals surface area contributed by atoms with Crippen LogP contribution in [0.2, 0.25) is 0 Å². The number of ether oxygens (including phenoxy) is 1. The van der Waals surface area contributed by atoms with E-state index in [1.54, 1.807) is 10.6 Å². The maximum atomic E-state index is 12.7. The summed E-state index contributed by atoms with van der Waals surface area (Å²) in [7, 11) is 1.36. The molecule has 5 nitrogen and oxygen atoms in total. The number of benzene rings is 2. The minimum Gasteiger partial charge on any atom is -0.468 e. The van der Waals surface area contributed by atoms with E-state index in [9.17, 15) is 9.59 Å². The van der Waals surface area contributed by atoms with E-state index in [1.807, 2.05) is 31.2 Å². The van der Waals surface area contributed by atoms with Crippen LogP contribution in [0.1, 0.15) is 41.3 Å². The van der Waals surface area contributed by atoms with E-state index in [0.717, 1.165) is 35.0 Å². The van der Waals surface area contributed by atoms with Crippen molar-refractivity contribution < 1.29 is 14.3 Å². The summed E-state index contributed by atoms with van der Waals surface area (Å²) in [5.74, 6) is -0.695. The van der Waals surface area contributed by atoms with E-state index >= 15 is 0 Å². The molecule has 0 saturated heterocycles. The van der Waals surface area contributed by atoms with Gasteiger partial charge in [0, 0.05) is 5.56 Å². The molecule has 0 aliphatic heterocycles. The lowest BCUT2D eigenvalue weighted by Crippen LogP contribution is -2.22. The summed E-state index contributed by atoms with van der Waals surface area (Å²) in [5, 5.41) is 0. The molecule has 1 aromatic heterocycles. The van der Waals surface area contributed by atoms with Crippen molar-refractivity contribution in [1.82, 2.24) is 4.57 Å². The number of methoxy groups -OCH3 is 1. The third-order valence-electron chi connectivity index (χ3n) is 4.54. The molecular formula is C22H24N2O3S. The van der Waals surface area contributed by atoms with Gasteiger partial charge in [-0.2, -0.15) is 4.99 Å². The molecule has 0 N–H and O–H groups in total. The van der Waals surface area contributed by atoms with E-state index in [1.165, 1.54) is 24.0 Å². The van der Waals surface area contributed by atoms with Crippen molar-refractivity contribution in [2.45, 2.75) is 39.7 Å². The van der Waals surface area contributed by atoms with Gasteiger partial charge in [0.05, 0.1) is 17.3 Å². The van der Waals surface area contributed by atoms with Gasteiger partial charge in [-0.25, -0.2) is 0 Å². The van der Waals surface area contributed by atoms with Crippen LogP contribution < -0.4 is 4.80 Å². The van der Waals surface area contributed by atoms with Crippen LogP contribution in [0.3, 0.4) is 0 Å². The molecule has 146 valence electrons. The number of hydrogen-bond donors (Lipinski definition) is 0. The summed E-state index contributed by atoms with van der Waals surface area (Å²) in [6.07, 6.45) is 3.27. The summed E-state index contributed by atoms with van der Waals surface area (Å²) < 4.78 is 7.59. The fourth-order valence-electron chi connectivity index (χ4n) is 3.02. The topological polar surface area (TPSA) is 60.7 Å². The number of aryl methyl sites for hydroxylation is 2. The molecule has 0 spiro atoms. The number of unbranched alkanes of at least 4 members (excludes halogenated alkanes) is 1. The highest BCUT2D eigenvalue weighted by Crippen LogP contribution is 2.21. The zero-order chi connectivity index (χ0) is 20.1. The van der Waals surface area contributed by atoms with Crippen molar-refractivity contribution in [2.24, 2.45) is 4.99 Å². The Labute approximate surface area is 168 Å². The van der Waals surface area contributed by atoms with Gasteiger partial charge in [0.1, 0.15) is 6.54 Å². The number of fused-ring (bicyclic) bond motifs is 1. The highest BCUT2D eigenvalue weighted by molar-refractivity contribution is 7.16. The number of esters is 1. The largest absolute Gasteiger partial charge is 0.468 e. The van der Waals surface area contributed by atoms with Crippen LogP contribution in [-0.2, 0) is 22.5 Å². The summed E-state index contributed by atoms with van der Waals surface area (Å²) >= 11 is 1.42. The maximum Gasteiger partial charge on any atom is 0.325 e. The summed E-state index contributed by atoms with van der Waals surface area (Å²) in [4.78, 5) is 29.4. The number of amides is 1. The third kappa shape index (κ3) is 4.57. The zero-order valence-corrected chi connectivity index (χ0v) is 17.2. The predicted molar refractivity (Wildman–Crippen MR) is 112 cm³/mol. The van der Waals surface area contributed by atoms with Crippen molar-refractivity contribution >= 4 is 33.4 Å². The van der Waals surface area contributed by atoms with Crippen molar-refractivity contribution in [3.8, 4) is 0 Å². The summed E-state index contributed by atoms with van der Waals surface area (Å²) in [6, 6.07) is 13.5. The second-order valence-electron chi connectivity index (χ2n) is 6.74. The Balaban J connectivity index is 2.09. The van der Waals surface area contributed by atoms with Gasteiger partial charge < -0.3 is 9.30 Å². The van der Waals surface area contributed by atoms with Gasteiger partial charge in [0.2, 0.25) is 0 Å². The Morgan fingerprint density at radius 3 is 2.71 bits per heavy atom. The van der Waals surface area contributed by atoms with Gasteiger partial charge in [-0.05, 0) is 49.6 Å². The normalized spacial score (nSPS) is 11.8. The Kier molecular flexibility index (Phi) is 6.41. The van der Waals surface area contributed by atoms with Crippen LogP contribution in [0, 0.1) is 6.92 Å². The monoisotopic (exact) mass is 396 g/mol. The Morgan fingerprint density at radius 2 is 2.00 bits per heavy atom. The minimum atomic E-state index is -0.376. The molecule has 0 aliphatic carbocycles. The van der Waals surface area contributed by atoms with Gasteiger partial charge in [-0.1, -0.05) is 48.4 Å². The lowest BCUT2D eigenvalue weighted by Gasteiger charge is -2.05. The van der Waals surface area contributed by atoms with Gasteiger partial charge in [-0.3, -0.25) is 9.59 Å². The van der Waals surface area contributed by atoms with E-state index in [2.05, 4.69) is 24.0 Å². The first-order valence-corrected chi connectivity index (χ1v) is 10.2. The molecule has 28 heavy (non-hydrogen) atoms. The standard InChI is InChI=1S/C22H24N2O3S/c1-4-5-8-16-10-11-18-19(13-16)28-22(24(18)14-20(25)27-3)23-21(26)17-9-6-7-15(2)12-17/h6-7,9-13H,4-5,8,14H2,1-3H3. The fraction of sp³-hybridized carbons (Fsp3) is 0.318. The van der Waals surface area contributed by atoms with Crippen LogP contribution >= 0.6 is 11.3 Å². The molecule has 0 saturated carbocycles. The fourth-order valence-corrected chi connectivity index (χ4v) is 4.11. The number of aromatic nitrogens is 1. The second kappa shape index (κ2) is 8.97. The Hall–Kier alpha value is -2.73. The molecule has 0 radical (unpaired) electrons. The van der Waals surface area contributed by atoms with Crippen molar-refractivity contribution in [3.05, 3.63) is 64.0 Å². The maximum absolute atomic E-state index is 12.7. The average molecular weight is 397 g/mol. The molecular weight excluding hydrogens is 372 g/mol. The highest BCUT2D eigenvalue weighted by atomic mass is 32.1. The number of carbonyl (C=O) groups is 2. The molecule has 0 aliphatic rings. The minimum absolute atomic E-state index is 0.0186. The molecule has 6 heteroatoms. The number of nitrogens with zero attached hydrogens (tertiary/aromatic N) is 2. The molecule has 0 unspecified atom stereocenters. The SMILES string of the molecule is CCCCc1ccc2c(c1)sc(=NC(=O)c1cccc(C)c1)n2CC(=O)OC. The van der Waals surface area contributed by atoms with Crippen LogP contribution in [0.4, 0.5) is 0 Å². The van der Waals surface area contributed by atoms with Gasteiger partial charge in [-0.15, -0.1) is 0 Å². The molecule has 3 aromatic rings. The number of carbonyl (C=O) groups excluding carboxylic acids is 2. The molecule has 1 heterocycles. The van der Waals surface area contributed by atoms with Gasteiger partial charge in [0.15, 0.2) is 4.80 Å². The lowest BCUT2D eigenvalue weighted by molar-refractivity contribution is -0.141. The van der Waals surface area contributed by atoms with Crippen molar-refractivity contribution in [2.75, 3.05) is 7.11 Å². The van der Waals surface area contributed by atoms with Gasteiger partial charge in [0.25, 0.3) is 5.91 Å². The van der Waals surface area contributed by atoms with Crippen molar-refractivity contribution in [3.63, 3.8) is 0 Å². The van der Waals surface area contributed by atoms with E-state index in [4.69, 9.17) is 4.74 Å². The Morgan fingerprint density at radius 1 is 1.18 bits per heavy atom. The quantitative estimate of drug-likeness (QED) is 0.585. The summed E-state index contributed by atoms with van der Waals surface area (Å²) in [6.45, 7) is 4.12. The third-order valence-corrected chi connectivity index (χ3v) is 5.58. The molecule has 0 bridgehead atoms. The first kappa shape index (κ1) is 20.0. The number of rotatable bonds is 6. The van der Waals surface area contributed by atoms with E-state index in [-0.39, 0.29) is 18.4 Å². The van der Waals surface area contributed by atoms with Crippen LogP contribution in [-0.4, -0.2) is 23.6 Å². The molecule has 0 fully saturated rings. The zero-order valence-electron chi connectivity index (χ0n) is 16.4.